The predicted molar refractivity (Wildman–Crippen MR) is 55.9 cm³/mol. The van der Waals surface area contributed by atoms with Crippen LogP contribution in [0.25, 0.3) is 0 Å². The van der Waals surface area contributed by atoms with E-state index in [2.05, 4.69) is 10.3 Å². The summed E-state index contributed by atoms with van der Waals surface area (Å²) in [6.07, 6.45) is 14.7. The van der Waals surface area contributed by atoms with E-state index in [4.69, 9.17) is 11.0 Å². The molecule has 0 saturated heterocycles. The van der Waals surface area contributed by atoms with Crippen molar-refractivity contribution in [3.05, 3.63) is 48.2 Å². The van der Waals surface area contributed by atoms with E-state index in [1.165, 1.54) is 0 Å². The number of hydrogen-bond donors (Lipinski definition) is 2. The third-order valence-electron chi connectivity index (χ3n) is 1.41. The van der Waals surface area contributed by atoms with Gasteiger partial charge in [-0.1, -0.05) is 30.4 Å². The summed E-state index contributed by atoms with van der Waals surface area (Å²) in [5, 5.41) is 10.5. The summed E-state index contributed by atoms with van der Waals surface area (Å²) in [6, 6.07) is 0. The van der Waals surface area contributed by atoms with Crippen molar-refractivity contribution >= 4 is 5.96 Å². The zero-order chi connectivity index (χ0) is 10.2. The minimum absolute atomic E-state index is 0.0846. The fourth-order valence-electron chi connectivity index (χ4n) is 0.855. The standard InChI is InChI=1S/C10H10N4/c11-8-13-10(12)14-9-6-4-2-1-3-5-7-9/h1-7H,(H3,12,13,14). The Kier molecular flexibility index (Phi) is 3.77. The van der Waals surface area contributed by atoms with E-state index in [0.717, 1.165) is 0 Å². The molecule has 0 heterocycles. The molecule has 1 aliphatic rings. The summed E-state index contributed by atoms with van der Waals surface area (Å²) in [6.45, 7) is 0. The monoisotopic (exact) mass is 186 g/mol. The fourth-order valence-corrected chi connectivity index (χ4v) is 0.855. The normalized spacial score (nSPS) is 15.4. The van der Waals surface area contributed by atoms with Crippen LogP contribution in [0.3, 0.4) is 0 Å². The Hall–Kier alpha value is -2.28. The molecule has 0 spiro atoms. The summed E-state index contributed by atoms with van der Waals surface area (Å²) in [5.41, 5.74) is 6.09. The van der Waals surface area contributed by atoms with Crippen molar-refractivity contribution in [3.63, 3.8) is 0 Å². The lowest BCUT2D eigenvalue weighted by Crippen LogP contribution is -2.27. The van der Waals surface area contributed by atoms with Gasteiger partial charge in [-0.2, -0.15) is 5.26 Å². The summed E-state index contributed by atoms with van der Waals surface area (Å²) in [4.78, 5) is 3.98. The third kappa shape index (κ3) is 3.41. The molecule has 1 rings (SSSR count). The van der Waals surface area contributed by atoms with Crippen molar-refractivity contribution in [2.24, 2.45) is 10.7 Å². The number of hydrogen-bond acceptors (Lipinski definition) is 2. The highest BCUT2D eigenvalue weighted by atomic mass is 15.1. The number of allylic oxidation sites excluding steroid dienone is 7. The third-order valence-corrected chi connectivity index (χ3v) is 1.41. The lowest BCUT2D eigenvalue weighted by Gasteiger charge is -1.97. The summed E-state index contributed by atoms with van der Waals surface area (Å²) >= 11 is 0. The Morgan fingerprint density at radius 2 is 2.00 bits per heavy atom. The van der Waals surface area contributed by atoms with Crippen molar-refractivity contribution in [3.8, 4) is 6.19 Å². The van der Waals surface area contributed by atoms with Gasteiger partial charge in [0.25, 0.3) is 0 Å². The van der Waals surface area contributed by atoms with E-state index < -0.39 is 0 Å². The first-order chi connectivity index (χ1) is 6.83. The van der Waals surface area contributed by atoms with Crippen LogP contribution < -0.4 is 11.1 Å². The zero-order valence-corrected chi connectivity index (χ0v) is 7.51. The van der Waals surface area contributed by atoms with Crippen LogP contribution in [0.1, 0.15) is 0 Å². The first-order valence-corrected chi connectivity index (χ1v) is 4.04. The molecule has 0 unspecified atom stereocenters. The number of nitrogens with two attached hydrogens (primary N) is 1. The van der Waals surface area contributed by atoms with Crippen LogP contribution in [0.4, 0.5) is 0 Å². The molecule has 0 aromatic heterocycles. The molecule has 0 aliphatic heterocycles. The molecule has 0 bridgehead atoms. The van der Waals surface area contributed by atoms with Gasteiger partial charge in [0, 0.05) is 0 Å². The smallest absolute Gasteiger partial charge is 0.207 e. The van der Waals surface area contributed by atoms with Gasteiger partial charge in [0.05, 0.1) is 5.70 Å². The Labute approximate surface area is 82.4 Å². The number of nitrogens with zero attached hydrogens (tertiary/aromatic N) is 2. The van der Waals surface area contributed by atoms with Crippen molar-refractivity contribution in [2.75, 3.05) is 0 Å². The van der Waals surface area contributed by atoms with Gasteiger partial charge in [0.1, 0.15) is 0 Å². The van der Waals surface area contributed by atoms with E-state index >= 15 is 0 Å². The predicted octanol–water partition coefficient (Wildman–Crippen LogP) is 0.938. The maximum atomic E-state index is 8.28. The van der Waals surface area contributed by atoms with Crippen LogP contribution >= 0.6 is 0 Å². The zero-order valence-electron chi connectivity index (χ0n) is 7.51. The minimum atomic E-state index is 0.0846. The second-order valence-corrected chi connectivity index (χ2v) is 2.45. The van der Waals surface area contributed by atoms with Gasteiger partial charge in [-0.15, -0.1) is 0 Å². The van der Waals surface area contributed by atoms with Crippen LogP contribution in [-0.4, -0.2) is 5.96 Å². The number of aliphatic imine (C=N–C) groups is 1. The second-order valence-electron chi connectivity index (χ2n) is 2.45. The van der Waals surface area contributed by atoms with E-state index in [-0.39, 0.29) is 5.96 Å². The fraction of sp³-hybridized carbons (Fsp3) is 0. The van der Waals surface area contributed by atoms with E-state index in [9.17, 15) is 0 Å². The minimum Gasteiger partial charge on any atom is -0.369 e. The molecule has 0 aromatic carbocycles. The molecule has 0 fully saturated rings. The van der Waals surface area contributed by atoms with Gasteiger partial charge in [0.15, 0.2) is 6.19 Å². The average molecular weight is 186 g/mol. The maximum absolute atomic E-state index is 8.28. The molecule has 0 saturated carbocycles. The van der Waals surface area contributed by atoms with Crippen LogP contribution in [-0.2, 0) is 0 Å². The highest BCUT2D eigenvalue weighted by molar-refractivity contribution is 5.80. The second kappa shape index (κ2) is 5.38. The number of nitriles is 1. The summed E-state index contributed by atoms with van der Waals surface area (Å²) in [5.74, 6) is 0.0846. The van der Waals surface area contributed by atoms with Crippen molar-refractivity contribution in [2.45, 2.75) is 0 Å². The van der Waals surface area contributed by atoms with Gasteiger partial charge < -0.3 is 5.73 Å². The molecule has 1 aliphatic carbocycles. The number of guanidine groups is 1. The number of nitrogens with one attached hydrogen (secondary N) is 1. The molecule has 14 heavy (non-hydrogen) atoms. The van der Waals surface area contributed by atoms with Crippen LogP contribution in [0.2, 0.25) is 0 Å². The Morgan fingerprint density at radius 1 is 1.29 bits per heavy atom. The van der Waals surface area contributed by atoms with Gasteiger partial charge >= 0.3 is 0 Å². The highest BCUT2D eigenvalue weighted by Crippen LogP contribution is 2.02. The molecule has 0 aromatic rings. The molecular weight excluding hydrogens is 176 g/mol. The van der Waals surface area contributed by atoms with Crippen molar-refractivity contribution in [1.29, 1.82) is 5.26 Å². The first-order valence-electron chi connectivity index (χ1n) is 4.04. The van der Waals surface area contributed by atoms with E-state index in [1.54, 1.807) is 18.3 Å². The molecular formula is C10H10N4. The van der Waals surface area contributed by atoms with Crippen LogP contribution in [0, 0.1) is 11.5 Å². The van der Waals surface area contributed by atoms with Gasteiger partial charge in [-0.25, -0.2) is 4.99 Å². The van der Waals surface area contributed by atoms with Crippen molar-refractivity contribution in [1.82, 2.24) is 5.32 Å². The topological polar surface area (TPSA) is 74.2 Å². The largest absolute Gasteiger partial charge is 0.369 e. The van der Waals surface area contributed by atoms with Crippen LogP contribution in [0.15, 0.2) is 53.2 Å². The molecule has 70 valence electrons. The SMILES string of the molecule is N#CNC(N)=NC1=CC=CC=CC=C1. The lowest BCUT2D eigenvalue weighted by atomic mass is 10.3. The first kappa shape index (κ1) is 9.81. The molecule has 4 nitrogen and oxygen atoms in total. The van der Waals surface area contributed by atoms with E-state index in [0.29, 0.717) is 5.70 Å². The van der Waals surface area contributed by atoms with Crippen molar-refractivity contribution < 1.29 is 0 Å². The molecule has 3 N–H and O–H groups in total. The van der Waals surface area contributed by atoms with Gasteiger partial charge in [0.2, 0.25) is 5.96 Å². The van der Waals surface area contributed by atoms with Crippen LogP contribution in [0.5, 0.6) is 0 Å². The molecule has 0 radical (unpaired) electrons. The Balaban J connectivity index is 2.78. The molecule has 0 amide bonds. The van der Waals surface area contributed by atoms with Gasteiger partial charge in [-0.05, 0) is 12.2 Å². The average Bonchev–Trinajstić information content (AvgIpc) is 2.10. The molecule has 0 atom stereocenters. The summed E-state index contributed by atoms with van der Waals surface area (Å²) < 4.78 is 0. The van der Waals surface area contributed by atoms with Gasteiger partial charge in [-0.3, -0.25) is 5.32 Å². The Morgan fingerprint density at radius 3 is 2.79 bits per heavy atom. The quantitative estimate of drug-likeness (QED) is 0.277. The van der Waals surface area contributed by atoms with E-state index in [1.807, 2.05) is 30.4 Å². The lowest BCUT2D eigenvalue weighted by molar-refractivity contribution is 1.20. The maximum Gasteiger partial charge on any atom is 0.207 e. The highest BCUT2D eigenvalue weighted by Gasteiger charge is 1.91. The Bertz CT molecular complexity index is 377. The molecule has 4 heteroatoms. The summed E-state index contributed by atoms with van der Waals surface area (Å²) in [7, 11) is 0. The number of rotatable bonds is 1.